The number of benzene rings is 3. The molecule has 0 aliphatic carbocycles. The summed E-state index contributed by atoms with van der Waals surface area (Å²) in [5, 5.41) is 3.48. The molecule has 0 unspecified atom stereocenters. The van der Waals surface area contributed by atoms with Gasteiger partial charge in [-0.1, -0.05) is 12.1 Å². The number of rotatable bonds is 4. The summed E-state index contributed by atoms with van der Waals surface area (Å²) < 4.78 is 21.8. The Labute approximate surface area is 173 Å². The van der Waals surface area contributed by atoms with Gasteiger partial charge in [0, 0.05) is 23.4 Å². The third-order valence-corrected chi connectivity index (χ3v) is 5.25. The zero-order valence-electron chi connectivity index (χ0n) is 16.5. The van der Waals surface area contributed by atoms with Crippen molar-refractivity contribution in [3.05, 3.63) is 71.8 Å². The van der Waals surface area contributed by atoms with E-state index in [0.29, 0.717) is 34.2 Å². The van der Waals surface area contributed by atoms with Crippen LogP contribution in [0.5, 0.6) is 23.0 Å². The molecule has 0 spiro atoms. The van der Waals surface area contributed by atoms with Crippen molar-refractivity contribution < 1.29 is 23.7 Å². The van der Waals surface area contributed by atoms with Gasteiger partial charge in [0.1, 0.15) is 17.7 Å². The van der Waals surface area contributed by atoms with Gasteiger partial charge in [0.15, 0.2) is 11.5 Å². The molecule has 0 fully saturated rings. The van der Waals surface area contributed by atoms with Crippen molar-refractivity contribution >= 4 is 17.3 Å². The standard InChI is InChI=1S/C23H20N2O5/c1-27-16-9-14(10-17(12-16)28-2)22-24-19-6-4-3-5-18(19)23(26)25(22)15-7-8-20-21(11-15)30-13-29-20/h3-12,22,24H,13H2,1-2H3/t22-/m1/s1. The summed E-state index contributed by atoms with van der Waals surface area (Å²) in [7, 11) is 3.20. The third-order valence-electron chi connectivity index (χ3n) is 5.25. The number of amides is 1. The van der Waals surface area contributed by atoms with Crippen molar-refractivity contribution in [1.29, 1.82) is 0 Å². The molecular formula is C23H20N2O5. The van der Waals surface area contributed by atoms with Crippen LogP contribution >= 0.6 is 0 Å². The number of nitrogens with zero attached hydrogens (tertiary/aromatic N) is 1. The fourth-order valence-corrected chi connectivity index (χ4v) is 3.78. The number of fused-ring (bicyclic) bond motifs is 2. The minimum Gasteiger partial charge on any atom is -0.497 e. The second-order valence-electron chi connectivity index (χ2n) is 6.95. The molecule has 7 heteroatoms. The van der Waals surface area contributed by atoms with E-state index in [4.69, 9.17) is 18.9 Å². The van der Waals surface area contributed by atoms with E-state index in [1.165, 1.54) is 0 Å². The first kappa shape index (κ1) is 18.2. The average Bonchev–Trinajstić information content (AvgIpc) is 3.26. The van der Waals surface area contributed by atoms with Gasteiger partial charge >= 0.3 is 0 Å². The van der Waals surface area contributed by atoms with Gasteiger partial charge in [-0.2, -0.15) is 0 Å². The lowest BCUT2D eigenvalue weighted by Gasteiger charge is -2.38. The molecule has 2 aliphatic heterocycles. The Bertz CT molecular complexity index is 1110. The predicted octanol–water partition coefficient (Wildman–Crippen LogP) is 4.20. The van der Waals surface area contributed by atoms with Crippen LogP contribution in [0.25, 0.3) is 0 Å². The van der Waals surface area contributed by atoms with E-state index >= 15 is 0 Å². The van der Waals surface area contributed by atoms with E-state index in [1.54, 1.807) is 25.2 Å². The maximum atomic E-state index is 13.6. The highest BCUT2D eigenvalue weighted by molar-refractivity contribution is 6.12. The zero-order chi connectivity index (χ0) is 20.7. The van der Waals surface area contributed by atoms with E-state index < -0.39 is 6.17 Å². The molecule has 5 rings (SSSR count). The number of anilines is 2. The molecule has 0 bridgehead atoms. The third kappa shape index (κ3) is 2.95. The molecule has 30 heavy (non-hydrogen) atoms. The summed E-state index contributed by atoms with van der Waals surface area (Å²) in [4.78, 5) is 15.3. The number of para-hydroxylation sites is 1. The number of nitrogens with one attached hydrogen (secondary N) is 1. The zero-order valence-corrected chi connectivity index (χ0v) is 16.5. The van der Waals surface area contributed by atoms with Gasteiger partial charge in [-0.3, -0.25) is 9.69 Å². The van der Waals surface area contributed by atoms with Gasteiger partial charge in [-0.15, -0.1) is 0 Å². The number of hydrogen-bond acceptors (Lipinski definition) is 6. The first-order valence-corrected chi connectivity index (χ1v) is 9.49. The Morgan fingerprint density at radius 1 is 0.933 bits per heavy atom. The Hall–Kier alpha value is -3.87. The molecular weight excluding hydrogens is 384 g/mol. The van der Waals surface area contributed by atoms with E-state index in [0.717, 1.165) is 11.3 Å². The minimum absolute atomic E-state index is 0.116. The molecule has 0 radical (unpaired) electrons. The van der Waals surface area contributed by atoms with E-state index in [1.807, 2.05) is 54.6 Å². The largest absolute Gasteiger partial charge is 0.497 e. The van der Waals surface area contributed by atoms with Crippen molar-refractivity contribution in [3.8, 4) is 23.0 Å². The van der Waals surface area contributed by atoms with Gasteiger partial charge in [0.2, 0.25) is 6.79 Å². The molecule has 0 aromatic heterocycles. The number of hydrogen-bond donors (Lipinski definition) is 1. The molecule has 1 amide bonds. The Morgan fingerprint density at radius 3 is 2.43 bits per heavy atom. The Balaban J connectivity index is 1.66. The first-order chi connectivity index (χ1) is 14.7. The highest BCUT2D eigenvalue weighted by atomic mass is 16.7. The maximum Gasteiger partial charge on any atom is 0.262 e. The summed E-state index contributed by atoms with van der Waals surface area (Å²) in [5.74, 6) is 2.44. The van der Waals surface area contributed by atoms with Gasteiger partial charge in [-0.05, 0) is 36.4 Å². The maximum absolute atomic E-state index is 13.6. The van der Waals surface area contributed by atoms with Gasteiger partial charge in [-0.25, -0.2) is 0 Å². The van der Waals surface area contributed by atoms with Crippen LogP contribution < -0.4 is 29.2 Å². The number of methoxy groups -OCH3 is 2. The second-order valence-corrected chi connectivity index (χ2v) is 6.95. The van der Waals surface area contributed by atoms with Crippen LogP contribution in [0.15, 0.2) is 60.7 Å². The molecule has 152 valence electrons. The molecule has 0 saturated heterocycles. The van der Waals surface area contributed by atoms with Crippen molar-refractivity contribution in [1.82, 2.24) is 0 Å². The van der Waals surface area contributed by atoms with Crippen LogP contribution in [0, 0.1) is 0 Å². The highest BCUT2D eigenvalue weighted by Gasteiger charge is 2.35. The van der Waals surface area contributed by atoms with Crippen molar-refractivity contribution in [2.24, 2.45) is 0 Å². The molecule has 1 N–H and O–H groups in total. The van der Waals surface area contributed by atoms with Crippen molar-refractivity contribution in [3.63, 3.8) is 0 Å². The van der Waals surface area contributed by atoms with E-state index in [2.05, 4.69) is 5.32 Å². The quantitative estimate of drug-likeness (QED) is 0.703. The van der Waals surface area contributed by atoms with Crippen LogP contribution in [0.3, 0.4) is 0 Å². The smallest absolute Gasteiger partial charge is 0.262 e. The van der Waals surface area contributed by atoms with Crippen LogP contribution in [-0.2, 0) is 0 Å². The summed E-state index contributed by atoms with van der Waals surface area (Å²) in [6.07, 6.45) is -0.475. The molecule has 7 nitrogen and oxygen atoms in total. The SMILES string of the molecule is COc1cc(OC)cc([C@@H]2Nc3ccccc3C(=O)N2c2ccc3c(c2)OCO3)c1. The molecule has 2 aliphatic rings. The number of carbonyl (C=O) groups is 1. The summed E-state index contributed by atoms with van der Waals surface area (Å²) in [5.41, 5.74) is 2.89. The minimum atomic E-state index is -0.475. The lowest BCUT2D eigenvalue weighted by Crippen LogP contribution is -2.43. The molecule has 3 aromatic rings. The fourth-order valence-electron chi connectivity index (χ4n) is 3.78. The van der Waals surface area contributed by atoms with Crippen LogP contribution in [0.2, 0.25) is 0 Å². The summed E-state index contributed by atoms with van der Waals surface area (Å²) in [6, 6.07) is 18.5. The molecule has 1 atom stereocenters. The number of carbonyl (C=O) groups excluding carboxylic acids is 1. The normalized spacial score (nSPS) is 16.7. The van der Waals surface area contributed by atoms with E-state index in [-0.39, 0.29) is 12.7 Å². The van der Waals surface area contributed by atoms with E-state index in [9.17, 15) is 4.79 Å². The lowest BCUT2D eigenvalue weighted by molar-refractivity contribution is 0.0975. The molecule has 2 heterocycles. The van der Waals surface area contributed by atoms with Gasteiger partial charge < -0.3 is 24.3 Å². The van der Waals surface area contributed by atoms with Crippen molar-refractivity contribution in [2.45, 2.75) is 6.17 Å². The lowest BCUT2D eigenvalue weighted by atomic mass is 10.0. The average molecular weight is 404 g/mol. The van der Waals surface area contributed by atoms with Crippen LogP contribution in [-0.4, -0.2) is 26.9 Å². The van der Waals surface area contributed by atoms with Crippen LogP contribution in [0.1, 0.15) is 22.1 Å². The van der Waals surface area contributed by atoms with Crippen LogP contribution in [0.4, 0.5) is 11.4 Å². The Morgan fingerprint density at radius 2 is 1.67 bits per heavy atom. The predicted molar refractivity (Wildman–Crippen MR) is 112 cm³/mol. The monoisotopic (exact) mass is 404 g/mol. The Kier molecular flexibility index (Phi) is 4.35. The van der Waals surface area contributed by atoms with Gasteiger partial charge in [0.05, 0.1) is 25.5 Å². The fraction of sp³-hybridized carbons (Fsp3) is 0.174. The summed E-state index contributed by atoms with van der Waals surface area (Å²) in [6.45, 7) is 0.171. The molecule has 3 aromatic carbocycles. The summed E-state index contributed by atoms with van der Waals surface area (Å²) >= 11 is 0. The highest BCUT2D eigenvalue weighted by Crippen LogP contribution is 2.42. The number of ether oxygens (including phenoxy) is 4. The van der Waals surface area contributed by atoms with Crippen molar-refractivity contribution in [2.75, 3.05) is 31.2 Å². The molecule has 0 saturated carbocycles. The first-order valence-electron chi connectivity index (χ1n) is 9.49. The topological polar surface area (TPSA) is 69.3 Å². The second kappa shape index (κ2) is 7.18. The van der Waals surface area contributed by atoms with Gasteiger partial charge in [0.25, 0.3) is 5.91 Å².